The second-order valence-electron chi connectivity index (χ2n) is 13.0. The van der Waals surface area contributed by atoms with E-state index in [9.17, 15) is 29.3 Å². The van der Waals surface area contributed by atoms with Gasteiger partial charge in [-0.25, -0.2) is 14.1 Å². The Morgan fingerprint density at radius 1 is 1.12 bits per heavy atom. The summed E-state index contributed by atoms with van der Waals surface area (Å²) in [6.45, 7) is 9.80. The number of carbonyl (C=O) groups is 3. The second-order valence-corrected chi connectivity index (χ2v) is 14.6. The number of benzene rings is 1. The van der Waals surface area contributed by atoms with E-state index >= 15 is 0 Å². The van der Waals surface area contributed by atoms with Gasteiger partial charge in [0.1, 0.15) is 49.0 Å². The number of ketones is 1. The van der Waals surface area contributed by atoms with E-state index in [4.69, 9.17) is 23.3 Å². The number of fused-ring (bicyclic) bond motifs is 1. The molecule has 4 rings (SSSR count). The average molecular weight is 743 g/mol. The predicted octanol–water partition coefficient (Wildman–Crippen LogP) is 4.19. The Morgan fingerprint density at radius 2 is 1.83 bits per heavy atom. The fourth-order valence-electron chi connectivity index (χ4n) is 5.45. The van der Waals surface area contributed by atoms with E-state index in [1.165, 1.54) is 17.5 Å². The minimum atomic E-state index is -4.29. The highest BCUT2D eigenvalue weighted by Gasteiger charge is 2.56. The first-order valence-corrected chi connectivity index (χ1v) is 18.8. The maximum Gasteiger partial charge on any atom is 0.459 e. The zero-order valence-electron chi connectivity index (χ0n) is 30.2. The number of amides is 1. The normalized spacial score (nSPS) is 21.8. The van der Waals surface area contributed by atoms with Crippen LogP contribution in [0, 0.1) is 29.1 Å². The third kappa shape index (κ3) is 9.60. The predicted molar refractivity (Wildman–Crippen MR) is 188 cm³/mol. The van der Waals surface area contributed by atoms with E-state index in [0.29, 0.717) is 0 Å². The molecule has 0 bridgehead atoms. The molecule has 16 nitrogen and oxygen atoms in total. The lowest BCUT2D eigenvalue weighted by molar-refractivity contribution is -0.146. The molecule has 1 saturated heterocycles. The highest BCUT2D eigenvalue weighted by atomic mass is 31.2. The maximum absolute atomic E-state index is 14.2. The summed E-state index contributed by atoms with van der Waals surface area (Å²) in [5, 5.41) is 31.5. The molecule has 1 aliphatic heterocycles. The Morgan fingerprint density at radius 3 is 2.48 bits per heavy atom. The summed E-state index contributed by atoms with van der Waals surface area (Å²) < 4.78 is 44.0. The molecule has 1 aliphatic rings. The highest BCUT2D eigenvalue weighted by molar-refractivity contribution is 7.52. The lowest BCUT2D eigenvalue weighted by Gasteiger charge is -2.26. The van der Waals surface area contributed by atoms with Gasteiger partial charge in [0.25, 0.3) is 5.91 Å². The molecule has 1 amide bonds. The highest BCUT2D eigenvalue weighted by Crippen LogP contribution is 2.48. The van der Waals surface area contributed by atoms with Gasteiger partial charge >= 0.3 is 13.7 Å². The van der Waals surface area contributed by atoms with Gasteiger partial charge in [-0.05, 0) is 37.1 Å². The largest absolute Gasteiger partial charge is 0.464 e. The van der Waals surface area contributed by atoms with E-state index in [0.717, 1.165) is 19.2 Å². The van der Waals surface area contributed by atoms with Crippen molar-refractivity contribution in [2.75, 3.05) is 31.7 Å². The SMILES string of the molecule is CCC(CC)COC(=O)[C@H](C)NP(=O)(OC[C@H]1O[C@@](C#N)(c2ccc3c(NC(=O)COCC(=O)C(C)C)ncnn23)[C@H](O)[C@@H]1C)Oc1ccccc1. The zero-order chi connectivity index (χ0) is 38.1. The molecule has 1 unspecified atom stereocenters. The monoisotopic (exact) mass is 742 g/mol. The van der Waals surface area contributed by atoms with Crippen molar-refractivity contribution in [3.8, 4) is 11.8 Å². The first kappa shape index (κ1) is 40.5. The van der Waals surface area contributed by atoms with Gasteiger partial charge in [0.05, 0.1) is 25.0 Å². The molecule has 3 N–H and O–H groups in total. The summed E-state index contributed by atoms with van der Waals surface area (Å²) in [6.07, 6.45) is 0.429. The van der Waals surface area contributed by atoms with Gasteiger partial charge in [-0.15, -0.1) is 0 Å². The summed E-state index contributed by atoms with van der Waals surface area (Å²) in [5.74, 6) is -1.82. The number of hydrogen-bond donors (Lipinski definition) is 3. The van der Waals surface area contributed by atoms with Crippen LogP contribution in [0.2, 0.25) is 0 Å². The molecule has 52 heavy (non-hydrogen) atoms. The van der Waals surface area contributed by atoms with Gasteiger partial charge in [0.15, 0.2) is 11.6 Å². The summed E-state index contributed by atoms with van der Waals surface area (Å²) in [5.41, 5.74) is -1.55. The van der Waals surface area contributed by atoms with Crippen LogP contribution in [0.4, 0.5) is 5.82 Å². The van der Waals surface area contributed by atoms with Crippen LogP contribution in [-0.2, 0) is 43.3 Å². The third-order valence-corrected chi connectivity index (χ3v) is 10.6. The van der Waals surface area contributed by atoms with Crippen molar-refractivity contribution >= 4 is 36.7 Å². The van der Waals surface area contributed by atoms with Crippen molar-refractivity contribution in [2.45, 2.75) is 78.2 Å². The number of nitriles is 1. The fourth-order valence-corrected chi connectivity index (χ4v) is 6.95. The molecule has 2 aromatic heterocycles. The molecule has 6 atom stereocenters. The van der Waals surface area contributed by atoms with Gasteiger partial charge < -0.3 is 29.2 Å². The number of Topliss-reactive ketones (excluding diaryl/α,β-unsaturated/α-hetero) is 1. The quantitative estimate of drug-likeness (QED) is 0.116. The topological polar surface area (TPSA) is 213 Å². The van der Waals surface area contributed by atoms with Crippen molar-refractivity contribution in [3.63, 3.8) is 0 Å². The number of nitrogens with zero attached hydrogens (tertiary/aromatic N) is 4. The minimum Gasteiger partial charge on any atom is -0.464 e. The molecular weight excluding hydrogens is 695 g/mol. The fraction of sp³-hybridized carbons (Fsp3) is 0.543. The number of carbonyl (C=O) groups excluding carboxylic acids is 3. The van der Waals surface area contributed by atoms with E-state index in [2.05, 4.69) is 26.6 Å². The van der Waals surface area contributed by atoms with E-state index < -0.39 is 62.6 Å². The van der Waals surface area contributed by atoms with Crippen molar-refractivity contribution in [1.82, 2.24) is 19.7 Å². The first-order chi connectivity index (χ1) is 24.8. The summed E-state index contributed by atoms with van der Waals surface area (Å²) in [4.78, 5) is 41.4. The molecule has 1 aromatic carbocycles. The number of ether oxygens (including phenoxy) is 3. The Kier molecular flexibility index (Phi) is 14.0. The van der Waals surface area contributed by atoms with Crippen molar-refractivity contribution in [3.05, 3.63) is 54.5 Å². The van der Waals surface area contributed by atoms with Gasteiger partial charge in [-0.1, -0.05) is 65.7 Å². The molecule has 0 spiro atoms. The molecule has 17 heteroatoms. The lowest BCUT2D eigenvalue weighted by Crippen LogP contribution is -2.38. The number of hydrogen-bond acceptors (Lipinski definition) is 13. The Labute approximate surface area is 302 Å². The molecular formula is C35H47N6O10P. The van der Waals surface area contributed by atoms with Crippen LogP contribution in [-0.4, -0.2) is 82.0 Å². The van der Waals surface area contributed by atoms with Crippen LogP contribution < -0.4 is 14.9 Å². The molecule has 0 saturated carbocycles. The number of esters is 1. The first-order valence-electron chi connectivity index (χ1n) is 17.2. The number of aromatic nitrogens is 3. The number of nitrogens with one attached hydrogen (secondary N) is 2. The number of para-hydroxylation sites is 1. The van der Waals surface area contributed by atoms with Crippen LogP contribution in [0.15, 0.2) is 48.8 Å². The van der Waals surface area contributed by atoms with E-state index in [1.54, 1.807) is 57.2 Å². The minimum absolute atomic E-state index is 0.0937. The van der Waals surface area contributed by atoms with Gasteiger partial charge in [-0.3, -0.25) is 18.9 Å². The summed E-state index contributed by atoms with van der Waals surface area (Å²) >= 11 is 0. The molecule has 3 aromatic rings. The molecule has 282 valence electrons. The van der Waals surface area contributed by atoms with Crippen LogP contribution >= 0.6 is 7.75 Å². The zero-order valence-corrected chi connectivity index (χ0v) is 31.1. The second kappa shape index (κ2) is 18.0. The van der Waals surface area contributed by atoms with Crippen molar-refractivity contribution in [1.29, 1.82) is 5.26 Å². The van der Waals surface area contributed by atoms with Crippen LogP contribution in [0.1, 0.15) is 60.1 Å². The molecule has 3 heterocycles. The number of aliphatic hydroxyl groups excluding tert-OH is 1. The maximum atomic E-state index is 14.2. The van der Waals surface area contributed by atoms with Crippen molar-refractivity contribution in [2.24, 2.45) is 17.8 Å². The summed E-state index contributed by atoms with van der Waals surface area (Å²) in [7, 11) is -4.29. The number of anilines is 1. The van der Waals surface area contributed by atoms with E-state index in [1.807, 2.05) is 13.8 Å². The average Bonchev–Trinajstić information content (AvgIpc) is 3.67. The van der Waals surface area contributed by atoms with Crippen LogP contribution in [0.5, 0.6) is 5.75 Å². The molecule has 1 fully saturated rings. The molecule has 0 radical (unpaired) electrons. The standard InChI is InChI=1S/C35H47N6O10P/c1-7-25(8-2)16-48-34(45)24(6)40-52(46,51-26-12-10-9-11-13-26)49-18-29-23(5)32(44)35(20-36,50-29)30-15-14-27-33(37-21-38-41(27)30)39-31(43)19-47-17-28(42)22(3)4/h9-15,21-25,29,32,44H,7-8,16-19H2,1-6H3,(H,40,46)(H,37,38,39,43)/t23-,24+,29-,32-,35+,52?/m1/s1. The smallest absolute Gasteiger partial charge is 0.459 e. The van der Waals surface area contributed by atoms with Gasteiger partial charge in [0, 0.05) is 11.8 Å². The van der Waals surface area contributed by atoms with Crippen LogP contribution in [0.3, 0.4) is 0 Å². The van der Waals surface area contributed by atoms with E-state index in [-0.39, 0.29) is 53.6 Å². The lowest BCUT2D eigenvalue weighted by atomic mass is 9.88. The Hall–Kier alpha value is -4.23. The third-order valence-electron chi connectivity index (χ3n) is 8.91. The Balaban J connectivity index is 1.51. The van der Waals surface area contributed by atoms with Crippen LogP contribution in [0.25, 0.3) is 5.52 Å². The number of rotatable bonds is 19. The number of aliphatic hydroxyl groups is 1. The Bertz CT molecular complexity index is 1780. The van der Waals surface area contributed by atoms with Crippen molar-refractivity contribution < 1.29 is 47.3 Å². The van der Waals surface area contributed by atoms with Gasteiger partial charge in [0.2, 0.25) is 5.60 Å². The van der Waals surface area contributed by atoms with Gasteiger partial charge in [-0.2, -0.15) is 15.4 Å². The summed E-state index contributed by atoms with van der Waals surface area (Å²) in [6, 6.07) is 12.3. The molecule has 0 aliphatic carbocycles.